The van der Waals surface area contributed by atoms with Crippen LogP contribution in [0.4, 0.5) is 4.39 Å². The molecule has 0 radical (unpaired) electrons. The molecule has 1 aromatic heterocycles. The number of furan rings is 1. The van der Waals surface area contributed by atoms with Crippen molar-refractivity contribution in [1.29, 1.82) is 0 Å². The highest BCUT2D eigenvalue weighted by atomic mass is 19.1. The summed E-state index contributed by atoms with van der Waals surface area (Å²) in [4.78, 5) is 27.5. The van der Waals surface area contributed by atoms with Crippen LogP contribution in [0.15, 0.2) is 70.9 Å². The predicted octanol–water partition coefficient (Wildman–Crippen LogP) is 5.35. The van der Waals surface area contributed by atoms with Crippen LogP contribution < -0.4 is 4.74 Å². The van der Waals surface area contributed by atoms with E-state index >= 15 is 0 Å². The molecule has 1 atom stereocenters. The zero-order chi connectivity index (χ0) is 24.6. The molecule has 0 spiro atoms. The summed E-state index contributed by atoms with van der Waals surface area (Å²) in [5, 5.41) is 11.1. The number of ketones is 1. The first kappa shape index (κ1) is 23.3. The van der Waals surface area contributed by atoms with Gasteiger partial charge in [0.2, 0.25) is 0 Å². The third-order valence-corrected chi connectivity index (χ3v) is 5.96. The highest BCUT2D eigenvalue weighted by Gasteiger charge is 2.46. The largest absolute Gasteiger partial charge is 0.507 e. The number of nitrogens with zero attached hydrogens (tertiary/aromatic N) is 1. The minimum absolute atomic E-state index is 0.00383. The second kappa shape index (κ2) is 8.82. The van der Waals surface area contributed by atoms with Crippen LogP contribution in [0.5, 0.6) is 5.75 Å². The van der Waals surface area contributed by atoms with E-state index < -0.39 is 29.3 Å². The van der Waals surface area contributed by atoms with Crippen LogP contribution in [0, 0.1) is 5.82 Å². The van der Waals surface area contributed by atoms with Gasteiger partial charge in [0.1, 0.15) is 11.5 Å². The van der Waals surface area contributed by atoms with Crippen LogP contribution in [-0.4, -0.2) is 28.8 Å². The Morgan fingerprint density at radius 1 is 1.12 bits per heavy atom. The van der Waals surface area contributed by atoms with Crippen molar-refractivity contribution in [2.75, 3.05) is 7.11 Å². The molecule has 1 fully saturated rings. The van der Waals surface area contributed by atoms with Crippen molar-refractivity contribution in [3.8, 4) is 5.75 Å². The number of likely N-dealkylation sites (tertiary alicyclic amines) is 1. The Bertz CT molecular complexity index is 1250. The standard InChI is InChI=1S/C27H26FNO5/c1-27(2,3)18-10-7-16(8-11-18)23-22(24(30)17-9-12-21(33-4)20(28)14-17)25(31)26(32)29(23)15-19-6-5-13-34-19/h5-14,23,30H,15H2,1-4H3/b24-22-. The van der Waals surface area contributed by atoms with E-state index in [2.05, 4.69) is 20.8 Å². The first-order valence-corrected chi connectivity index (χ1v) is 10.9. The lowest BCUT2D eigenvalue weighted by Crippen LogP contribution is -2.29. The Labute approximate surface area is 197 Å². The van der Waals surface area contributed by atoms with E-state index in [0.717, 1.165) is 11.6 Å². The zero-order valence-corrected chi connectivity index (χ0v) is 19.5. The lowest BCUT2D eigenvalue weighted by Gasteiger charge is -2.26. The molecule has 7 heteroatoms. The van der Waals surface area contributed by atoms with Gasteiger partial charge in [-0.1, -0.05) is 45.0 Å². The van der Waals surface area contributed by atoms with Crippen LogP contribution >= 0.6 is 0 Å². The molecule has 176 valence electrons. The number of aliphatic hydroxyl groups excluding tert-OH is 1. The average molecular weight is 464 g/mol. The fraction of sp³-hybridized carbons (Fsp3) is 0.259. The molecule has 1 amide bonds. The van der Waals surface area contributed by atoms with E-state index in [1.165, 1.54) is 30.4 Å². The van der Waals surface area contributed by atoms with Gasteiger partial charge in [0, 0.05) is 5.56 Å². The number of ether oxygens (including phenoxy) is 1. The summed E-state index contributed by atoms with van der Waals surface area (Å²) in [6, 6.07) is 14.0. The highest BCUT2D eigenvalue weighted by molar-refractivity contribution is 6.46. The first-order valence-electron chi connectivity index (χ1n) is 10.9. The number of halogens is 1. The minimum atomic E-state index is -0.871. The monoisotopic (exact) mass is 463 g/mol. The average Bonchev–Trinajstić information content (AvgIpc) is 3.40. The lowest BCUT2D eigenvalue weighted by molar-refractivity contribution is -0.140. The van der Waals surface area contributed by atoms with Gasteiger partial charge in [-0.15, -0.1) is 0 Å². The number of hydrogen-bond donors (Lipinski definition) is 1. The van der Waals surface area contributed by atoms with Crippen molar-refractivity contribution >= 4 is 17.4 Å². The maximum Gasteiger partial charge on any atom is 0.296 e. The lowest BCUT2D eigenvalue weighted by atomic mass is 9.85. The van der Waals surface area contributed by atoms with Crippen LogP contribution in [-0.2, 0) is 21.5 Å². The van der Waals surface area contributed by atoms with Crippen molar-refractivity contribution in [2.24, 2.45) is 0 Å². The van der Waals surface area contributed by atoms with E-state index in [4.69, 9.17) is 9.15 Å². The highest BCUT2D eigenvalue weighted by Crippen LogP contribution is 2.41. The van der Waals surface area contributed by atoms with E-state index in [0.29, 0.717) is 11.3 Å². The normalized spacial score (nSPS) is 17.9. The van der Waals surface area contributed by atoms with Crippen LogP contribution in [0.2, 0.25) is 0 Å². The molecule has 1 aliphatic heterocycles. The number of carbonyl (C=O) groups is 2. The molecule has 1 unspecified atom stereocenters. The summed E-state index contributed by atoms with van der Waals surface area (Å²) in [6.07, 6.45) is 1.49. The van der Waals surface area contributed by atoms with Gasteiger partial charge in [-0.3, -0.25) is 9.59 Å². The SMILES string of the molecule is COc1ccc(/C(O)=C2/C(=O)C(=O)N(Cc3ccco3)C2c2ccc(C(C)(C)C)cc2)cc1F. The van der Waals surface area contributed by atoms with Gasteiger partial charge in [0.25, 0.3) is 11.7 Å². The van der Waals surface area contributed by atoms with Crippen LogP contribution in [0.25, 0.3) is 5.76 Å². The summed E-state index contributed by atoms with van der Waals surface area (Å²) in [7, 11) is 1.33. The number of methoxy groups -OCH3 is 1. The number of rotatable bonds is 5. The van der Waals surface area contributed by atoms with Gasteiger partial charge >= 0.3 is 0 Å². The molecule has 2 heterocycles. The Morgan fingerprint density at radius 2 is 1.82 bits per heavy atom. The summed E-state index contributed by atoms with van der Waals surface area (Å²) in [5.41, 5.74) is 1.61. The molecule has 0 saturated carbocycles. The van der Waals surface area contributed by atoms with Crippen molar-refractivity contribution in [1.82, 2.24) is 4.90 Å². The second-order valence-electron chi connectivity index (χ2n) is 9.23. The van der Waals surface area contributed by atoms with E-state index in [-0.39, 0.29) is 28.8 Å². The topological polar surface area (TPSA) is 80.0 Å². The van der Waals surface area contributed by atoms with E-state index in [1.807, 2.05) is 24.3 Å². The Morgan fingerprint density at radius 3 is 2.38 bits per heavy atom. The molecule has 0 aliphatic carbocycles. The molecule has 1 saturated heterocycles. The smallest absolute Gasteiger partial charge is 0.296 e. The van der Waals surface area contributed by atoms with Crippen molar-refractivity contribution in [2.45, 2.75) is 38.8 Å². The number of aliphatic hydroxyl groups is 1. The predicted molar refractivity (Wildman–Crippen MR) is 125 cm³/mol. The fourth-order valence-electron chi connectivity index (χ4n) is 4.09. The van der Waals surface area contributed by atoms with Crippen molar-refractivity contribution in [3.63, 3.8) is 0 Å². The summed E-state index contributed by atoms with van der Waals surface area (Å²) in [6.45, 7) is 6.30. The maximum atomic E-state index is 14.3. The summed E-state index contributed by atoms with van der Waals surface area (Å²) in [5.74, 6) is -2.26. The molecule has 0 bridgehead atoms. The zero-order valence-electron chi connectivity index (χ0n) is 19.5. The Balaban J connectivity index is 1.86. The number of amides is 1. The van der Waals surface area contributed by atoms with Gasteiger partial charge in [0.15, 0.2) is 11.6 Å². The molecule has 34 heavy (non-hydrogen) atoms. The second-order valence-corrected chi connectivity index (χ2v) is 9.23. The van der Waals surface area contributed by atoms with Crippen LogP contribution in [0.1, 0.15) is 49.3 Å². The van der Waals surface area contributed by atoms with E-state index in [9.17, 15) is 19.1 Å². The Kier molecular flexibility index (Phi) is 6.04. The molecule has 4 rings (SSSR count). The van der Waals surface area contributed by atoms with Gasteiger partial charge in [-0.05, 0) is 46.9 Å². The van der Waals surface area contributed by atoms with Crippen molar-refractivity contribution in [3.05, 3.63) is 94.7 Å². The third-order valence-electron chi connectivity index (χ3n) is 5.96. The fourth-order valence-corrected chi connectivity index (χ4v) is 4.09. The molecule has 6 nitrogen and oxygen atoms in total. The number of carbonyl (C=O) groups excluding carboxylic acids is 2. The Hall–Kier alpha value is -3.87. The molecule has 3 aromatic rings. The summed E-state index contributed by atoms with van der Waals surface area (Å²) < 4.78 is 24.7. The van der Waals surface area contributed by atoms with Crippen LogP contribution in [0.3, 0.4) is 0 Å². The third kappa shape index (κ3) is 4.21. The summed E-state index contributed by atoms with van der Waals surface area (Å²) >= 11 is 0. The van der Waals surface area contributed by atoms with Crippen molar-refractivity contribution < 1.29 is 28.2 Å². The number of hydrogen-bond acceptors (Lipinski definition) is 5. The number of Topliss-reactive ketones (excluding diaryl/α,β-unsaturated/α-hetero) is 1. The molecule has 2 aromatic carbocycles. The van der Waals surface area contributed by atoms with E-state index in [1.54, 1.807) is 12.1 Å². The number of benzene rings is 2. The van der Waals surface area contributed by atoms with Gasteiger partial charge < -0.3 is 19.2 Å². The molecule has 1 N–H and O–H groups in total. The van der Waals surface area contributed by atoms with Gasteiger partial charge in [-0.2, -0.15) is 0 Å². The molecule has 1 aliphatic rings. The first-order chi connectivity index (χ1) is 16.1. The minimum Gasteiger partial charge on any atom is -0.507 e. The van der Waals surface area contributed by atoms with Gasteiger partial charge in [0.05, 0.1) is 31.5 Å². The molecular weight excluding hydrogens is 437 g/mol. The van der Waals surface area contributed by atoms with Gasteiger partial charge in [-0.25, -0.2) is 4.39 Å². The maximum absolute atomic E-state index is 14.3. The molecular formula is C27H26FNO5. The quantitative estimate of drug-likeness (QED) is 0.314.